The number of benzene rings is 2. The van der Waals surface area contributed by atoms with E-state index in [1.165, 1.54) is 21.3 Å². The summed E-state index contributed by atoms with van der Waals surface area (Å²) in [7, 11) is 6.49. The van der Waals surface area contributed by atoms with Crippen LogP contribution in [0.15, 0.2) is 36.7 Å². The van der Waals surface area contributed by atoms with Crippen LogP contribution in [0.25, 0.3) is 11.0 Å². The van der Waals surface area contributed by atoms with Gasteiger partial charge in [-0.15, -0.1) is 0 Å². The summed E-state index contributed by atoms with van der Waals surface area (Å²) in [5.41, 5.74) is 2.78. The zero-order chi connectivity index (χ0) is 18.0. The normalized spacial score (nSPS) is 10.6. The lowest BCUT2D eigenvalue weighted by atomic mass is 10.1. The van der Waals surface area contributed by atoms with Gasteiger partial charge < -0.3 is 24.1 Å². The molecule has 0 saturated carbocycles. The summed E-state index contributed by atoms with van der Waals surface area (Å²) in [4.78, 5) is 16.8. The molecule has 0 aliphatic carbocycles. The van der Waals surface area contributed by atoms with Gasteiger partial charge in [0.1, 0.15) is 0 Å². The van der Waals surface area contributed by atoms with E-state index in [0.717, 1.165) is 11.0 Å². The molecule has 0 bridgehead atoms. The highest BCUT2D eigenvalue weighted by Gasteiger charge is 2.15. The van der Waals surface area contributed by atoms with E-state index < -0.39 is 0 Å². The first-order valence-electron chi connectivity index (χ1n) is 7.59. The summed E-state index contributed by atoms with van der Waals surface area (Å²) in [6, 6.07) is 8.74. The van der Waals surface area contributed by atoms with Gasteiger partial charge in [-0.25, -0.2) is 4.98 Å². The Morgan fingerprint density at radius 1 is 1.04 bits per heavy atom. The van der Waals surface area contributed by atoms with E-state index in [1.807, 2.05) is 17.7 Å². The molecular weight excluding hydrogens is 322 g/mol. The van der Waals surface area contributed by atoms with E-state index in [4.69, 9.17) is 14.2 Å². The van der Waals surface area contributed by atoms with Crippen LogP contribution < -0.4 is 19.5 Å². The molecule has 3 aromatic rings. The predicted octanol–water partition coefficient (Wildman–Crippen LogP) is 2.85. The van der Waals surface area contributed by atoms with Crippen LogP contribution in [0, 0.1) is 0 Å². The predicted molar refractivity (Wildman–Crippen MR) is 94.8 cm³/mol. The van der Waals surface area contributed by atoms with Crippen molar-refractivity contribution in [3.05, 3.63) is 42.2 Å². The first-order valence-corrected chi connectivity index (χ1v) is 7.59. The van der Waals surface area contributed by atoms with E-state index in [0.29, 0.717) is 28.5 Å². The number of methoxy groups -OCH3 is 3. The second kappa shape index (κ2) is 6.72. The maximum Gasteiger partial charge on any atom is 0.255 e. The fraction of sp³-hybridized carbons (Fsp3) is 0.222. The molecule has 0 aliphatic rings. The van der Waals surface area contributed by atoms with E-state index in [1.54, 1.807) is 30.6 Å². The van der Waals surface area contributed by atoms with Crippen molar-refractivity contribution >= 4 is 22.6 Å². The van der Waals surface area contributed by atoms with Crippen LogP contribution in [0.4, 0.5) is 5.69 Å². The quantitative estimate of drug-likeness (QED) is 0.772. The summed E-state index contributed by atoms with van der Waals surface area (Å²) in [6.07, 6.45) is 1.71. The van der Waals surface area contributed by atoms with Gasteiger partial charge in [0, 0.05) is 30.4 Å². The summed E-state index contributed by atoms with van der Waals surface area (Å²) in [6.45, 7) is 0. The number of carbonyl (C=O) groups excluding carboxylic acids is 1. The number of rotatable bonds is 5. The molecule has 0 atom stereocenters. The van der Waals surface area contributed by atoms with Gasteiger partial charge in [-0.05, 0) is 18.2 Å². The van der Waals surface area contributed by atoms with Gasteiger partial charge in [0.05, 0.1) is 38.7 Å². The lowest BCUT2D eigenvalue weighted by molar-refractivity contribution is 0.102. The van der Waals surface area contributed by atoms with Crippen LogP contribution >= 0.6 is 0 Å². The summed E-state index contributed by atoms with van der Waals surface area (Å²) in [5.74, 6) is 1.16. The molecule has 1 N–H and O–H groups in total. The molecule has 25 heavy (non-hydrogen) atoms. The number of aromatic nitrogens is 2. The lowest BCUT2D eigenvalue weighted by Crippen LogP contribution is -2.12. The third-order valence-electron chi connectivity index (χ3n) is 3.91. The van der Waals surface area contributed by atoms with Gasteiger partial charge in [-0.3, -0.25) is 4.79 Å². The van der Waals surface area contributed by atoms with E-state index in [2.05, 4.69) is 10.3 Å². The van der Waals surface area contributed by atoms with Gasteiger partial charge in [-0.2, -0.15) is 0 Å². The third-order valence-corrected chi connectivity index (χ3v) is 3.91. The zero-order valence-electron chi connectivity index (χ0n) is 14.5. The Bertz CT molecular complexity index is 908. The molecule has 130 valence electrons. The van der Waals surface area contributed by atoms with Crippen molar-refractivity contribution in [3.63, 3.8) is 0 Å². The molecular formula is C18H19N3O4. The van der Waals surface area contributed by atoms with Gasteiger partial charge in [0.2, 0.25) is 5.75 Å². The van der Waals surface area contributed by atoms with Crippen LogP contribution in [0.1, 0.15) is 10.4 Å². The number of fused-ring (bicyclic) bond motifs is 1. The number of amides is 1. The average Bonchev–Trinajstić information content (AvgIpc) is 3.01. The molecule has 3 rings (SSSR count). The Labute approximate surface area is 145 Å². The highest BCUT2D eigenvalue weighted by atomic mass is 16.5. The van der Waals surface area contributed by atoms with Crippen molar-refractivity contribution in [2.24, 2.45) is 7.05 Å². The number of hydrogen-bond donors (Lipinski definition) is 1. The van der Waals surface area contributed by atoms with Gasteiger partial charge in [0.15, 0.2) is 11.5 Å². The van der Waals surface area contributed by atoms with Gasteiger partial charge in [0.25, 0.3) is 5.91 Å². The average molecular weight is 341 g/mol. The Morgan fingerprint density at radius 2 is 1.72 bits per heavy atom. The minimum Gasteiger partial charge on any atom is -0.493 e. The van der Waals surface area contributed by atoms with E-state index in [9.17, 15) is 4.79 Å². The largest absolute Gasteiger partial charge is 0.493 e. The molecule has 0 unspecified atom stereocenters. The van der Waals surface area contributed by atoms with Crippen molar-refractivity contribution in [2.75, 3.05) is 26.6 Å². The van der Waals surface area contributed by atoms with Crippen molar-refractivity contribution in [3.8, 4) is 17.2 Å². The summed E-state index contributed by atoms with van der Waals surface area (Å²) < 4.78 is 17.8. The summed E-state index contributed by atoms with van der Waals surface area (Å²) in [5, 5.41) is 2.84. The Balaban J connectivity index is 1.91. The first-order chi connectivity index (χ1) is 12.1. The van der Waals surface area contributed by atoms with Crippen molar-refractivity contribution < 1.29 is 19.0 Å². The first kappa shape index (κ1) is 16.6. The monoisotopic (exact) mass is 341 g/mol. The van der Waals surface area contributed by atoms with Crippen molar-refractivity contribution in [2.45, 2.75) is 0 Å². The van der Waals surface area contributed by atoms with E-state index >= 15 is 0 Å². The lowest BCUT2D eigenvalue weighted by Gasteiger charge is -2.14. The van der Waals surface area contributed by atoms with Gasteiger partial charge in [-0.1, -0.05) is 0 Å². The molecule has 1 amide bonds. The number of nitrogens with zero attached hydrogens (tertiary/aromatic N) is 2. The SMILES string of the molecule is COc1cc(NC(=O)c2ccc3c(c2)ncn3C)cc(OC)c1OC. The fourth-order valence-corrected chi connectivity index (χ4v) is 2.63. The molecule has 1 heterocycles. The second-order valence-electron chi connectivity index (χ2n) is 5.43. The number of imidazole rings is 1. The molecule has 0 spiro atoms. The Hall–Kier alpha value is -3.22. The van der Waals surface area contributed by atoms with Crippen LogP contribution in [-0.2, 0) is 7.05 Å². The number of anilines is 1. The molecule has 0 fully saturated rings. The molecule has 7 nitrogen and oxygen atoms in total. The zero-order valence-corrected chi connectivity index (χ0v) is 14.5. The van der Waals surface area contributed by atoms with Crippen LogP contribution in [-0.4, -0.2) is 36.8 Å². The highest BCUT2D eigenvalue weighted by molar-refractivity contribution is 6.06. The fourth-order valence-electron chi connectivity index (χ4n) is 2.63. The number of carbonyl (C=O) groups is 1. The number of nitrogens with one attached hydrogen (secondary N) is 1. The molecule has 1 aromatic heterocycles. The standard InChI is InChI=1S/C18H19N3O4/c1-21-10-19-13-7-11(5-6-14(13)21)18(22)20-12-8-15(23-2)17(25-4)16(9-12)24-3/h5-10H,1-4H3,(H,20,22). The molecule has 0 aliphatic heterocycles. The molecule has 0 saturated heterocycles. The number of ether oxygens (including phenoxy) is 3. The van der Waals surface area contributed by atoms with Crippen LogP contribution in [0.5, 0.6) is 17.2 Å². The smallest absolute Gasteiger partial charge is 0.255 e. The maximum absolute atomic E-state index is 12.6. The minimum atomic E-state index is -0.248. The molecule has 2 aromatic carbocycles. The molecule has 0 radical (unpaired) electrons. The van der Waals surface area contributed by atoms with Gasteiger partial charge >= 0.3 is 0 Å². The Morgan fingerprint density at radius 3 is 2.32 bits per heavy atom. The van der Waals surface area contributed by atoms with Crippen molar-refractivity contribution in [1.82, 2.24) is 9.55 Å². The topological polar surface area (TPSA) is 74.6 Å². The van der Waals surface area contributed by atoms with Crippen molar-refractivity contribution in [1.29, 1.82) is 0 Å². The van der Waals surface area contributed by atoms with Crippen LogP contribution in [0.2, 0.25) is 0 Å². The van der Waals surface area contributed by atoms with E-state index in [-0.39, 0.29) is 5.91 Å². The highest BCUT2D eigenvalue weighted by Crippen LogP contribution is 2.40. The molecule has 7 heteroatoms. The third kappa shape index (κ3) is 3.08. The minimum absolute atomic E-state index is 0.248. The maximum atomic E-state index is 12.6. The summed E-state index contributed by atoms with van der Waals surface area (Å²) >= 11 is 0. The number of aryl methyl sites for hydroxylation is 1. The number of hydrogen-bond acceptors (Lipinski definition) is 5. The van der Waals surface area contributed by atoms with Crippen LogP contribution in [0.3, 0.4) is 0 Å². The Kier molecular flexibility index (Phi) is 4.47. The second-order valence-corrected chi connectivity index (χ2v) is 5.43.